The van der Waals surface area contributed by atoms with E-state index in [1.165, 1.54) is 11.1 Å². The molecule has 2 heterocycles. The number of nitrogens with zero attached hydrogens (tertiary/aromatic N) is 1. The normalized spacial score (nSPS) is 36.1. The molecule has 4 nitrogen and oxygen atoms in total. The number of rotatable bonds is 2. The molecule has 0 amide bonds. The van der Waals surface area contributed by atoms with Crippen molar-refractivity contribution < 1.29 is 14.3 Å². The summed E-state index contributed by atoms with van der Waals surface area (Å²) < 4.78 is 13.3. The first-order valence-electron chi connectivity index (χ1n) is 10.6. The number of piperidine rings is 1. The molecule has 0 aromatic heterocycles. The van der Waals surface area contributed by atoms with Crippen LogP contribution >= 0.6 is 0 Å². The Hall–Kier alpha value is -1.30. The molecule has 1 aromatic carbocycles. The SMILES string of the molecule is CN1CC[C@]23c4c5ccc(O[Si](C)(C)C(C)(C)C)c4O[C@H]2[C@@H](O)C=C[C@H]3[C@H]1C5. The molecule has 1 N–H and O–H groups in total. The first-order chi connectivity index (χ1) is 13.1. The van der Waals surface area contributed by atoms with Gasteiger partial charge in [-0.15, -0.1) is 0 Å². The molecule has 4 aliphatic rings. The van der Waals surface area contributed by atoms with Gasteiger partial charge in [0.1, 0.15) is 18.0 Å². The van der Waals surface area contributed by atoms with E-state index < -0.39 is 14.4 Å². The van der Waals surface area contributed by atoms with Crippen molar-refractivity contribution in [1.82, 2.24) is 4.90 Å². The fraction of sp³-hybridized carbons (Fsp3) is 0.652. The van der Waals surface area contributed by atoms with Crippen molar-refractivity contribution in [3.8, 4) is 11.5 Å². The molecule has 0 unspecified atom stereocenters. The molecule has 5 rings (SSSR count). The lowest BCUT2D eigenvalue weighted by Gasteiger charge is -2.56. The number of aliphatic hydroxyl groups excluding tert-OH is 1. The molecule has 5 heteroatoms. The molecular weight excluding hydrogens is 366 g/mol. The highest BCUT2D eigenvalue weighted by Crippen LogP contribution is 2.62. The van der Waals surface area contributed by atoms with Gasteiger partial charge in [0.15, 0.2) is 5.75 Å². The minimum atomic E-state index is -1.98. The number of likely N-dealkylation sites (N-methyl/N-ethyl adjacent to an activating group) is 1. The van der Waals surface area contributed by atoms with E-state index in [-0.39, 0.29) is 16.6 Å². The molecule has 28 heavy (non-hydrogen) atoms. The lowest BCUT2D eigenvalue weighted by Crippen LogP contribution is -2.64. The molecule has 1 saturated heterocycles. The summed E-state index contributed by atoms with van der Waals surface area (Å²) in [6.45, 7) is 12.4. The quantitative estimate of drug-likeness (QED) is 0.605. The molecule has 2 bridgehead atoms. The van der Waals surface area contributed by atoms with Crippen LogP contribution in [0.4, 0.5) is 0 Å². The van der Waals surface area contributed by atoms with E-state index in [2.05, 4.69) is 64.0 Å². The van der Waals surface area contributed by atoms with Gasteiger partial charge < -0.3 is 19.2 Å². The first-order valence-corrected chi connectivity index (χ1v) is 13.6. The molecule has 0 saturated carbocycles. The highest BCUT2D eigenvalue weighted by molar-refractivity contribution is 6.74. The summed E-state index contributed by atoms with van der Waals surface area (Å²) in [7, 11) is 0.256. The maximum Gasteiger partial charge on any atom is 0.250 e. The summed E-state index contributed by atoms with van der Waals surface area (Å²) in [4.78, 5) is 2.50. The number of likely N-dealkylation sites (tertiary alicyclic amines) is 1. The summed E-state index contributed by atoms with van der Waals surface area (Å²) in [6, 6.07) is 4.87. The molecule has 1 spiro atoms. The summed E-state index contributed by atoms with van der Waals surface area (Å²) in [5.74, 6) is 2.21. The first kappa shape index (κ1) is 18.7. The van der Waals surface area contributed by atoms with Crippen molar-refractivity contribution in [1.29, 1.82) is 0 Å². The standard InChI is InChI=1S/C23H33NO3Si/c1-22(2,3)28(5,6)27-18-10-7-14-13-16-15-8-9-17(25)21-23(15,11-12-24(16)4)19(14)20(18)26-21/h7-10,15-17,21,25H,11-13H2,1-6H3/t15-,16+,17-,21-,23-/m0/s1. The van der Waals surface area contributed by atoms with Crippen molar-refractivity contribution >= 4 is 8.32 Å². The molecule has 1 aromatic rings. The van der Waals surface area contributed by atoms with Crippen molar-refractivity contribution in [2.75, 3.05) is 13.6 Å². The van der Waals surface area contributed by atoms with Crippen molar-refractivity contribution in [3.05, 3.63) is 35.4 Å². The van der Waals surface area contributed by atoms with E-state index in [0.717, 1.165) is 30.9 Å². The van der Waals surface area contributed by atoms with E-state index in [9.17, 15) is 5.11 Å². The number of ether oxygens (including phenoxy) is 1. The second-order valence-corrected chi connectivity index (χ2v) is 15.5. The number of benzene rings is 1. The average molecular weight is 400 g/mol. The van der Waals surface area contributed by atoms with Gasteiger partial charge in [0.25, 0.3) is 8.32 Å². The minimum absolute atomic E-state index is 0.110. The van der Waals surface area contributed by atoms with Crippen LogP contribution < -0.4 is 9.16 Å². The van der Waals surface area contributed by atoms with Gasteiger partial charge in [-0.1, -0.05) is 39.0 Å². The third-order valence-corrected chi connectivity index (χ3v) is 12.6. The van der Waals surface area contributed by atoms with Crippen LogP contribution in [-0.2, 0) is 11.8 Å². The molecule has 1 fully saturated rings. The Morgan fingerprint density at radius 1 is 1.25 bits per heavy atom. The van der Waals surface area contributed by atoms with E-state index >= 15 is 0 Å². The highest BCUT2D eigenvalue weighted by Gasteiger charge is 2.64. The monoisotopic (exact) mass is 399 g/mol. The zero-order chi connectivity index (χ0) is 20.1. The van der Waals surface area contributed by atoms with Gasteiger partial charge in [-0.2, -0.15) is 0 Å². The Morgan fingerprint density at radius 3 is 2.71 bits per heavy atom. The van der Waals surface area contributed by atoms with Gasteiger partial charge in [-0.25, -0.2) is 0 Å². The Balaban J connectivity index is 1.67. The van der Waals surface area contributed by atoms with Gasteiger partial charge >= 0.3 is 0 Å². The highest BCUT2D eigenvalue weighted by atomic mass is 28.4. The largest absolute Gasteiger partial charge is 0.541 e. The number of aliphatic hydroxyl groups is 1. The summed E-state index contributed by atoms with van der Waals surface area (Å²) in [6.07, 6.45) is 5.55. The van der Waals surface area contributed by atoms with Gasteiger partial charge in [0.2, 0.25) is 0 Å². The molecule has 5 atom stereocenters. The summed E-state index contributed by atoms with van der Waals surface area (Å²) in [5, 5.41) is 11.0. The molecular formula is C23H33NO3Si. The smallest absolute Gasteiger partial charge is 0.250 e. The van der Waals surface area contributed by atoms with Crippen LogP contribution in [-0.4, -0.2) is 50.2 Å². The maximum atomic E-state index is 10.9. The predicted octanol–water partition coefficient (Wildman–Crippen LogP) is 3.88. The maximum absolute atomic E-state index is 10.9. The zero-order valence-electron chi connectivity index (χ0n) is 18.0. The lowest BCUT2D eigenvalue weighted by molar-refractivity contribution is -0.0452. The third-order valence-electron chi connectivity index (χ3n) is 8.31. The van der Waals surface area contributed by atoms with Gasteiger partial charge in [0.05, 0.1) is 0 Å². The minimum Gasteiger partial charge on any atom is -0.541 e. The third kappa shape index (κ3) is 2.24. The van der Waals surface area contributed by atoms with Gasteiger partial charge in [-0.3, -0.25) is 0 Å². The van der Waals surface area contributed by atoms with Crippen molar-refractivity contribution in [3.63, 3.8) is 0 Å². The van der Waals surface area contributed by atoms with Crippen LogP contribution in [0.5, 0.6) is 11.5 Å². The van der Waals surface area contributed by atoms with Gasteiger partial charge in [0, 0.05) is 22.9 Å². The van der Waals surface area contributed by atoms with E-state index in [1.54, 1.807) is 0 Å². The number of hydrogen-bond acceptors (Lipinski definition) is 4. The topological polar surface area (TPSA) is 41.9 Å². The summed E-state index contributed by atoms with van der Waals surface area (Å²) >= 11 is 0. The lowest BCUT2D eigenvalue weighted by atomic mass is 9.53. The fourth-order valence-corrected chi connectivity index (χ4v) is 6.75. The van der Waals surface area contributed by atoms with Crippen molar-refractivity contribution in [2.24, 2.45) is 5.92 Å². The van der Waals surface area contributed by atoms with Crippen molar-refractivity contribution in [2.45, 2.75) is 75.4 Å². The predicted molar refractivity (Wildman–Crippen MR) is 114 cm³/mol. The second kappa shape index (κ2) is 5.64. The van der Waals surface area contributed by atoms with E-state index in [4.69, 9.17) is 9.16 Å². The van der Waals surface area contributed by atoms with E-state index in [0.29, 0.717) is 12.0 Å². The molecule has 152 valence electrons. The Kier molecular flexibility index (Phi) is 3.77. The Bertz CT molecular complexity index is 858. The van der Waals surface area contributed by atoms with Gasteiger partial charge in [-0.05, 0) is 56.2 Å². The van der Waals surface area contributed by atoms with Crippen LogP contribution in [0.1, 0.15) is 38.3 Å². The summed E-state index contributed by atoms with van der Waals surface area (Å²) in [5.41, 5.74) is 2.61. The second-order valence-electron chi connectivity index (χ2n) is 10.8. The zero-order valence-corrected chi connectivity index (χ0v) is 19.0. The van der Waals surface area contributed by atoms with Crippen LogP contribution in [0, 0.1) is 5.92 Å². The van der Waals surface area contributed by atoms with Crippen LogP contribution in [0.15, 0.2) is 24.3 Å². The van der Waals surface area contributed by atoms with E-state index in [1.807, 2.05) is 6.08 Å². The van der Waals surface area contributed by atoms with Crippen LogP contribution in [0.25, 0.3) is 0 Å². The van der Waals surface area contributed by atoms with Crippen LogP contribution in [0.3, 0.4) is 0 Å². The van der Waals surface area contributed by atoms with Crippen LogP contribution in [0.2, 0.25) is 18.1 Å². The molecule has 0 radical (unpaired) electrons. The average Bonchev–Trinajstić information content (AvgIpc) is 2.96. The fourth-order valence-electron chi connectivity index (χ4n) is 5.74. The molecule has 2 aliphatic carbocycles. The Morgan fingerprint density at radius 2 is 2.00 bits per heavy atom. The Labute approximate surface area is 169 Å². The molecule has 2 aliphatic heterocycles. The number of hydrogen-bond donors (Lipinski definition) is 1.